The summed E-state index contributed by atoms with van der Waals surface area (Å²) in [7, 11) is 1.51. The van der Waals surface area contributed by atoms with Gasteiger partial charge in [-0.2, -0.15) is 0 Å². The van der Waals surface area contributed by atoms with Crippen molar-refractivity contribution in [2.45, 2.75) is 431 Å². The number of hydrogen-bond donors (Lipinski definition) is 1. The fraction of sp³-hybridized carbons (Fsp3) is 0.949. The van der Waals surface area contributed by atoms with Crippen molar-refractivity contribution in [3.8, 4) is 0 Å². The standard InChI is InChI=1S/C78H154NO8P/c1-6-8-10-12-14-16-18-20-22-24-26-28-30-31-32-33-34-35-36-37-38-39-40-41-42-43-44-45-46-47-49-51-53-55-57-59-61-63-65-67-69-71-78(81)87-76(75-86-88(82,83)85-73-72-79(3,4)5)74-84-77(80)70-68-66-64-62-60-58-56-54-52-50-48-29-27-25-23-21-19-17-15-13-11-9-7-2/h24,26,76H,6-23,25,27-75H2,1-5H3/p+1/b26-24-. The second kappa shape index (κ2) is 70.1. The van der Waals surface area contributed by atoms with Crippen LogP contribution in [0.3, 0.4) is 0 Å². The van der Waals surface area contributed by atoms with Crippen LogP contribution < -0.4 is 0 Å². The molecular formula is C78H155NO8P+. The van der Waals surface area contributed by atoms with E-state index < -0.39 is 26.5 Å². The van der Waals surface area contributed by atoms with Gasteiger partial charge in [0.1, 0.15) is 19.8 Å². The zero-order valence-corrected chi connectivity index (χ0v) is 60.9. The van der Waals surface area contributed by atoms with E-state index >= 15 is 0 Å². The molecular weight excluding hydrogens is 1110 g/mol. The summed E-state index contributed by atoms with van der Waals surface area (Å²) in [6.45, 7) is 4.53. The number of hydrogen-bond acceptors (Lipinski definition) is 7. The number of carbonyl (C=O) groups excluding carboxylic acids is 2. The highest BCUT2D eigenvalue weighted by Crippen LogP contribution is 2.43. The van der Waals surface area contributed by atoms with Crippen molar-refractivity contribution in [1.82, 2.24) is 0 Å². The monoisotopic (exact) mass is 1270 g/mol. The number of rotatable bonds is 75. The Morgan fingerprint density at radius 2 is 0.580 bits per heavy atom. The van der Waals surface area contributed by atoms with Crippen LogP contribution in [0.5, 0.6) is 0 Å². The normalized spacial score (nSPS) is 13.0. The number of quaternary nitrogens is 1. The molecule has 9 nitrogen and oxygen atoms in total. The molecule has 524 valence electrons. The molecule has 2 atom stereocenters. The maximum Gasteiger partial charge on any atom is 0.472 e. The third kappa shape index (κ3) is 73.8. The van der Waals surface area contributed by atoms with Crippen molar-refractivity contribution < 1.29 is 42.1 Å². The molecule has 0 fully saturated rings. The van der Waals surface area contributed by atoms with Crippen LogP contribution in [0, 0.1) is 0 Å². The van der Waals surface area contributed by atoms with Gasteiger partial charge in [-0.05, 0) is 38.5 Å². The summed E-state index contributed by atoms with van der Waals surface area (Å²) in [5.74, 6) is -0.767. The van der Waals surface area contributed by atoms with Crippen LogP contribution in [0.25, 0.3) is 0 Å². The predicted octanol–water partition coefficient (Wildman–Crippen LogP) is 25.8. The highest BCUT2D eigenvalue weighted by atomic mass is 31.2. The Balaban J connectivity index is 3.85. The van der Waals surface area contributed by atoms with Crippen LogP contribution in [0.2, 0.25) is 0 Å². The van der Waals surface area contributed by atoms with Gasteiger partial charge in [0.25, 0.3) is 0 Å². The molecule has 1 N–H and O–H groups in total. The molecule has 10 heteroatoms. The molecule has 0 saturated carbocycles. The summed E-state index contributed by atoms with van der Waals surface area (Å²) in [5, 5.41) is 0. The summed E-state index contributed by atoms with van der Waals surface area (Å²) in [6.07, 6.45) is 88.0. The van der Waals surface area contributed by atoms with Crippen molar-refractivity contribution in [2.24, 2.45) is 0 Å². The molecule has 0 amide bonds. The predicted molar refractivity (Wildman–Crippen MR) is 381 cm³/mol. The Kier molecular flexibility index (Phi) is 69.1. The van der Waals surface area contributed by atoms with Gasteiger partial charge in [0, 0.05) is 12.8 Å². The molecule has 0 heterocycles. The van der Waals surface area contributed by atoms with Crippen molar-refractivity contribution in [2.75, 3.05) is 47.5 Å². The highest BCUT2D eigenvalue weighted by Gasteiger charge is 2.27. The van der Waals surface area contributed by atoms with E-state index in [0.717, 1.165) is 38.5 Å². The van der Waals surface area contributed by atoms with Gasteiger partial charge >= 0.3 is 19.8 Å². The fourth-order valence-corrected chi connectivity index (χ4v) is 13.0. The molecule has 0 aliphatic rings. The van der Waals surface area contributed by atoms with E-state index in [0.29, 0.717) is 17.4 Å². The number of carbonyl (C=O) groups is 2. The van der Waals surface area contributed by atoms with E-state index in [-0.39, 0.29) is 25.6 Å². The minimum Gasteiger partial charge on any atom is -0.462 e. The number of esters is 2. The van der Waals surface area contributed by atoms with E-state index in [4.69, 9.17) is 18.5 Å². The first kappa shape index (κ1) is 86.8. The Morgan fingerprint density at radius 3 is 0.841 bits per heavy atom. The first-order valence-corrected chi connectivity index (χ1v) is 40.9. The van der Waals surface area contributed by atoms with E-state index in [1.807, 2.05) is 21.1 Å². The van der Waals surface area contributed by atoms with Crippen LogP contribution >= 0.6 is 7.82 Å². The number of phosphoric acid groups is 1. The molecule has 0 radical (unpaired) electrons. The lowest BCUT2D eigenvalue weighted by Crippen LogP contribution is -2.37. The van der Waals surface area contributed by atoms with Crippen LogP contribution in [-0.2, 0) is 32.7 Å². The second-order valence-electron chi connectivity index (χ2n) is 28.5. The molecule has 0 rings (SSSR count). The molecule has 0 aromatic carbocycles. The quantitative estimate of drug-likeness (QED) is 0.0211. The Bertz CT molecular complexity index is 1490. The Morgan fingerprint density at radius 1 is 0.341 bits per heavy atom. The van der Waals surface area contributed by atoms with Crippen molar-refractivity contribution in [3.63, 3.8) is 0 Å². The zero-order chi connectivity index (χ0) is 64.1. The first-order chi connectivity index (χ1) is 43.0. The maximum atomic E-state index is 12.9. The lowest BCUT2D eigenvalue weighted by atomic mass is 10.0. The van der Waals surface area contributed by atoms with Gasteiger partial charge < -0.3 is 18.9 Å². The summed E-state index contributed by atoms with van der Waals surface area (Å²) in [4.78, 5) is 35.9. The summed E-state index contributed by atoms with van der Waals surface area (Å²) >= 11 is 0. The minimum atomic E-state index is -4.39. The van der Waals surface area contributed by atoms with E-state index in [1.165, 1.54) is 360 Å². The molecule has 0 aliphatic carbocycles. The van der Waals surface area contributed by atoms with Gasteiger partial charge in [-0.25, -0.2) is 4.57 Å². The van der Waals surface area contributed by atoms with Crippen LogP contribution in [0.1, 0.15) is 425 Å². The molecule has 0 bridgehead atoms. The van der Waals surface area contributed by atoms with Crippen molar-refractivity contribution in [3.05, 3.63) is 12.2 Å². The summed E-state index contributed by atoms with van der Waals surface area (Å²) < 4.78 is 34.8. The number of ether oxygens (including phenoxy) is 2. The Labute approximate surface area is 549 Å². The van der Waals surface area contributed by atoms with Gasteiger partial charge in [-0.1, -0.05) is 386 Å². The van der Waals surface area contributed by atoms with E-state index in [9.17, 15) is 19.0 Å². The largest absolute Gasteiger partial charge is 0.472 e. The van der Waals surface area contributed by atoms with Crippen LogP contribution in [0.4, 0.5) is 0 Å². The summed E-state index contributed by atoms with van der Waals surface area (Å²) in [6, 6.07) is 0. The van der Waals surface area contributed by atoms with Crippen molar-refractivity contribution in [1.29, 1.82) is 0 Å². The topological polar surface area (TPSA) is 108 Å². The number of allylic oxidation sites excluding steroid dienone is 2. The second-order valence-corrected chi connectivity index (χ2v) is 29.9. The smallest absolute Gasteiger partial charge is 0.462 e. The molecule has 0 aromatic heterocycles. The fourth-order valence-electron chi connectivity index (χ4n) is 12.3. The molecule has 0 saturated heterocycles. The van der Waals surface area contributed by atoms with E-state index in [2.05, 4.69) is 26.0 Å². The summed E-state index contributed by atoms with van der Waals surface area (Å²) in [5.41, 5.74) is 0. The molecule has 88 heavy (non-hydrogen) atoms. The van der Waals surface area contributed by atoms with Crippen LogP contribution in [0.15, 0.2) is 12.2 Å². The van der Waals surface area contributed by atoms with Gasteiger partial charge in [-0.15, -0.1) is 0 Å². The minimum absolute atomic E-state index is 0.0372. The number of likely N-dealkylation sites (N-methyl/N-ethyl adjacent to an activating group) is 1. The van der Waals surface area contributed by atoms with Crippen LogP contribution in [-0.4, -0.2) is 74.9 Å². The zero-order valence-electron chi connectivity index (χ0n) is 60.0. The molecule has 0 aliphatic heterocycles. The van der Waals surface area contributed by atoms with Gasteiger partial charge in [0.15, 0.2) is 6.10 Å². The van der Waals surface area contributed by atoms with Gasteiger partial charge in [0.2, 0.25) is 0 Å². The van der Waals surface area contributed by atoms with Crippen molar-refractivity contribution >= 4 is 19.8 Å². The number of nitrogens with zero attached hydrogens (tertiary/aromatic N) is 1. The number of phosphoric ester groups is 1. The highest BCUT2D eigenvalue weighted by molar-refractivity contribution is 7.47. The van der Waals surface area contributed by atoms with E-state index in [1.54, 1.807) is 0 Å². The third-order valence-corrected chi connectivity index (χ3v) is 19.3. The first-order valence-electron chi connectivity index (χ1n) is 39.4. The number of unbranched alkanes of at least 4 members (excludes halogenated alkanes) is 59. The molecule has 0 aromatic rings. The Hall–Kier alpha value is -1.25. The van der Waals surface area contributed by atoms with Gasteiger partial charge in [0.05, 0.1) is 27.7 Å². The molecule has 2 unspecified atom stereocenters. The average Bonchev–Trinajstić information content (AvgIpc) is 3.58. The lowest BCUT2D eigenvalue weighted by molar-refractivity contribution is -0.870. The maximum absolute atomic E-state index is 12.9. The van der Waals surface area contributed by atoms with Gasteiger partial charge in [-0.3, -0.25) is 18.6 Å². The lowest BCUT2D eigenvalue weighted by Gasteiger charge is -2.24. The third-order valence-electron chi connectivity index (χ3n) is 18.3. The average molecular weight is 1270 g/mol. The SMILES string of the molecule is CCCCCCCCCC/C=C\CCCCCCCCCCCCCCCCCCCCCCCCCCCCCCCC(=O)OC(COC(=O)CCCCCCCCCCCCCCCCCCCCCCCCC)COP(=O)(O)OCC[N+](C)(C)C. The molecule has 0 spiro atoms.